The summed E-state index contributed by atoms with van der Waals surface area (Å²) in [5, 5.41) is 0. The topological polar surface area (TPSA) is 72.2 Å². The fraction of sp³-hybridized carbons (Fsp3) is 0. The van der Waals surface area contributed by atoms with Gasteiger partial charge < -0.3 is 4.42 Å². The smallest absolute Gasteiger partial charge is 0.261 e. The Morgan fingerprint density at radius 2 is 1.70 bits per heavy atom. The van der Waals surface area contributed by atoms with Gasteiger partial charge in [0, 0.05) is 5.56 Å². The van der Waals surface area contributed by atoms with Crippen LogP contribution in [0.4, 0.5) is 5.69 Å². The highest BCUT2D eigenvalue weighted by Crippen LogP contribution is 2.27. The maximum atomic E-state index is 12.6. The van der Waals surface area contributed by atoms with Crippen molar-refractivity contribution in [1.29, 1.82) is 0 Å². The van der Waals surface area contributed by atoms with Crippen LogP contribution >= 0.6 is 0 Å². The lowest BCUT2D eigenvalue weighted by molar-refractivity contribution is 0.601. The number of benzene rings is 3. The van der Waals surface area contributed by atoms with Gasteiger partial charge in [-0.3, -0.25) is 4.72 Å². The van der Waals surface area contributed by atoms with Crippen molar-refractivity contribution in [3.63, 3.8) is 0 Å². The van der Waals surface area contributed by atoms with Crippen molar-refractivity contribution in [2.75, 3.05) is 4.72 Å². The first-order chi connectivity index (χ1) is 13.0. The van der Waals surface area contributed by atoms with E-state index in [2.05, 4.69) is 16.3 Å². The van der Waals surface area contributed by atoms with E-state index >= 15 is 0 Å². The molecule has 0 radical (unpaired) electrons. The molecule has 0 aliphatic carbocycles. The van der Waals surface area contributed by atoms with Crippen LogP contribution in [0.3, 0.4) is 0 Å². The number of hydrogen-bond donors (Lipinski definition) is 1. The fourth-order valence-corrected chi connectivity index (χ4v) is 3.74. The fourth-order valence-electron chi connectivity index (χ4n) is 2.69. The third-order valence-electron chi connectivity index (χ3n) is 4.09. The van der Waals surface area contributed by atoms with Crippen molar-refractivity contribution >= 4 is 32.9 Å². The van der Waals surface area contributed by atoms with Crippen LogP contribution in [0.2, 0.25) is 0 Å². The average Bonchev–Trinajstić information content (AvgIpc) is 3.12. The molecule has 0 aliphatic rings. The Bertz CT molecular complexity index is 1210. The van der Waals surface area contributed by atoms with Crippen molar-refractivity contribution in [3.8, 4) is 11.5 Å². The van der Waals surface area contributed by atoms with E-state index in [9.17, 15) is 8.42 Å². The number of aromatic nitrogens is 1. The number of anilines is 1. The molecule has 5 nitrogen and oxygen atoms in total. The summed E-state index contributed by atoms with van der Waals surface area (Å²) >= 11 is 0. The van der Waals surface area contributed by atoms with Crippen LogP contribution in [-0.2, 0) is 10.0 Å². The van der Waals surface area contributed by atoms with Crippen molar-refractivity contribution in [2.24, 2.45) is 0 Å². The molecule has 134 valence electrons. The van der Waals surface area contributed by atoms with Crippen LogP contribution in [0.15, 0.2) is 88.7 Å². The Morgan fingerprint density at radius 3 is 2.41 bits per heavy atom. The first kappa shape index (κ1) is 17.1. The number of hydrogen-bond acceptors (Lipinski definition) is 4. The van der Waals surface area contributed by atoms with Gasteiger partial charge >= 0.3 is 0 Å². The SMILES string of the molecule is C=Cc1ccc(S(=O)(=O)Nc2ccc3oc(-c4ccccc4)nc3c2)cc1. The van der Waals surface area contributed by atoms with E-state index in [0.29, 0.717) is 22.7 Å². The van der Waals surface area contributed by atoms with E-state index < -0.39 is 10.0 Å². The van der Waals surface area contributed by atoms with Gasteiger partial charge in [-0.15, -0.1) is 0 Å². The highest BCUT2D eigenvalue weighted by molar-refractivity contribution is 7.92. The van der Waals surface area contributed by atoms with Crippen LogP contribution in [-0.4, -0.2) is 13.4 Å². The molecule has 4 aromatic rings. The summed E-state index contributed by atoms with van der Waals surface area (Å²) < 4.78 is 33.5. The molecule has 0 amide bonds. The second-order valence-corrected chi connectivity index (χ2v) is 7.63. The summed E-state index contributed by atoms with van der Waals surface area (Å²) in [6, 6.07) is 21.0. The van der Waals surface area contributed by atoms with Crippen LogP contribution < -0.4 is 4.72 Å². The summed E-state index contributed by atoms with van der Waals surface area (Å²) in [6.45, 7) is 3.66. The highest BCUT2D eigenvalue weighted by atomic mass is 32.2. The Balaban J connectivity index is 1.64. The molecule has 0 spiro atoms. The maximum Gasteiger partial charge on any atom is 0.261 e. The summed E-state index contributed by atoms with van der Waals surface area (Å²) in [5.74, 6) is 0.491. The van der Waals surface area contributed by atoms with Gasteiger partial charge in [0.15, 0.2) is 5.58 Å². The summed E-state index contributed by atoms with van der Waals surface area (Å²) in [7, 11) is -3.70. The molecule has 3 aromatic carbocycles. The molecule has 0 saturated carbocycles. The van der Waals surface area contributed by atoms with Crippen molar-refractivity contribution in [1.82, 2.24) is 4.98 Å². The molecular weight excluding hydrogens is 360 g/mol. The summed E-state index contributed by atoms with van der Waals surface area (Å²) in [4.78, 5) is 4.64. The van der Waals surface area contributed by atoms with Gasteiger partial charge in [-0.1, -0.05) is 43.0 Å². The second-order valence-electron chi connectivity index (χ2n) is 5.95. The van der Waals surface area contributed by atoms with Gasteiger partial charge in [0.1, 0.15) is 5.52 Å². The van der Waals surface area contributed by atoms with Gasteiger partial charge in [-0.25, -0.2) is 13.4 Å². The number of sulfonamides is 1. The maximum absolute atomic E-state index is 12.6. The van der Waals surface area contributed by atoms with E-state index in [1.54, 1.807) is 48.5 Å². The molecule has 6 heteroatoms. The Kier molecular flexibility index (Phi) is 4.25. The molecule has 0 saturated heterocycles. The number of fused-ring (bicyclic) bond motifs is 1. The largest absolute Gasteiger partial charge is 0.436 e. The lowest BCUT2D eigenvalue weighted by Crippen LogP contribution is -2.12. The lowest BCUT2D eigenvalue weighted by atomic mass is 10.2. The Morgan fingerprint density at radius 1 is 0.963 bits per heavy atom. The van der Waals surface area contributed by atoms with E-state index in [1.165, 1.54) is 0 Å². The van der Waals surface area contributed by atoms with E-state index in [0.717, 1.165) is 11.1 Å². The minimum atomic E-state index is -3.70. The minimum absolute atomic E-state index is 0.179. The number of nitrogens with one attached hydrogen (secondary N) is 1. The second kappa shape index (κ2) is 6.74. The molecule has 1 heterocycles. The van der Waals surface area contributed by atoms with Crippen LogP contribution in [0, 0.1) is 0 Å². The van der Waals surface area contributed by atoms with Gasteiger partial charge in [-0.05, 0) is 48.0 Å². The third-order valence-corrected chi connectivity index (χ3v) is 5.48. The zero-order valence-electron chi connectivity index (χ0n) is 14.3. The molecule has 1 N–H and O–H groups in total. The first-order valence-electron chi connectivity index (χ1n) is 8.26. The van der Waals surface area contributed by atoms with Crippen LogP contribution in [0.25, 0.3) is 28.6 Å². The van der Waals surface area contributed by atoms with Gasteiger partial charge in [0.2, 0.25) is 5.89 Å². The molecule has 0 bridgehead atoms. The van der Waals surface area contributed by atoms with Gasteiger partial charge in [0.05, 0.1) is 10.6 Å². The monoisotopic (exact) mass is 376 g/mol. The Hall–Kier alpha value is -3.38. The predicted molar refractivity (Wildman–Crippen MR) is 107 cm³/mol. The number of rotatable bonds is 5. The molecule has 4 rings (SSSR count). The molecule has 0 atom stereocenters. The van der Waals surface area contributed by atoms with Crippen LogP contribution in [0.1, 0.15) is 5.56 Å². The normalized spacial score (nSPS) is 11.4. The quantitative estimate of drug-likeness (QED) is 0.535. The third kappa shape index (κ3) is 3.47. The first-order valence-corrected chi connectivity index (χ1v) is 9.75. The van der Waals surface area contributed by atoms with E-state index in [1.807, 2.05) is 30.3 Å². The zero-order valence-corrected chi connectivity index (χ0v) is 15.1. The van der Waals surface area contributed by atoms with Crippen molar-refractivity contribution < 1.29 is 12.8 Å². The molecule has 27 heavy (non-hydrogen) atoms. The van der Waals surface area contributed by atoms with Gasteiger partial charge in [-0.2, -0.15) is 0 Å². The van der Waals surface area contributed by atoms with E-state index in [4.69, 9.17) is 4.42 Å². The van der Waals surface area contributed by atoms with Crippen molar-refractivity contribution in [2.45, 2.75) is 4.90 Å². The van der Waals surface area contributed by atoms with Crippen molar-refractivity contribution in [3.05, 3.63) is 84.9 Å². The lowest BCUT2D eigenvalue weighted by Gasteiger charge is -2.08. The molecule has 0 fully saturated rings. The molecule has 0 unspecified atom stereocenters. The highest BCUT2D eigenvalue weighted by Gasteiger charge is 2.15. The number of nitrogens with zero attached hydrogens (tertiary/aromatic N) is 1. The average molecular weight is 376 g/mol. The predicted octanol–water partition coefficient (Wildman–Crippen LogP) is 4.94. The summed E-state index contributed by atoms with van der Waals surface area (Å²) in [5.41, 5.74) is 3.30. The minimum Gasteiger partial charge on any atom is -0.436 e. The Labute approximate surface area is 157 Å². The molecular formula is C21H16N2O3S. The van der Waals surface area contributed by atoms with Gasteiger partial charge in [0.25, 0.3) is 10.0 Å². The standard InChI is InChI=1S/C21H16N2O3S/c1-2-15-8-11-18(12-9-15)27(24,25)23-17-10-13-20-19(14-17)22-21(26-20)16-6-4-3-5-7-16/h2-14,23H,1H2. The molecule has 1 aromatic heterocycles. The zero-order chi connectivity index (χ0) is 18.9. The van der Waals surface area contributed by atoms with Crippen LogP contribution in [0.5, 0.6) is 0 Å². The number of oxazole rings is 1. The van der Waals surface area contributed by atoms with E-state index in [-0.39, 0.29) is 4.90 Å². The summed E-state index contributed by atoms with van der Waals surface area (Å²) in [6.07, 6.45) is 1.66. The molecule has 0 aliphatic heterocycles.